The van der Waals surface area contributed by atoms with Crippen molar-refractivity contribution < 1.29 is 14.7 Å². The molecule has 0 unspecified atom stereocenters. The number of hydrogen-bond donors (Lipinski definition) is 2. The fourth-order valence-corrected chi connectivity index (χ4v) is 1.95. The molecule has 2 rings (SSSR count). The van der Waals surface area contributed by atoms with E-state index in [-0.39, 0.29) is 17.9 Å². The predicted octanol–water partition coefficient (Wildman–Crippen LogP) is 3.01. The minimum atomic E-state index is -0.951. The van der Waals surface area contributed by atoms with Crippen LogP contribution in [-0.4, -0.2) is 23.4 Å². The summed E-state index contributed by atoms with van der Waals surface area (Å²) < 4.78 is 0. The van der Waals surface area contributed by atoms with Gasteiger partial charge in [-0.1, -0.05) is 23.7 Å². The molecule has 2 aromatic rings. The van der Waals surface area contributed by atoms with E-state index in [9.17, 15) is 9.59 Å². The minimum absolute atomic E-state index is 0.0196. The van der Waals surface area contributed by atoms with E-state index in [4.69, 9.17) is 16.7 Å². The van der Waals surface area contributed by atoms with Crippen molar-refractivity contribution in [2.45, 2.75) is 6.54 Å². The molecule has 4 nitrogen and oxygen atoms in total. The molecule has 0 aliphatic rings. The van der Waals surface area contributed by atoms with Crippen LogP contribution >= 0.6 is 11.6 Å². The lowest BCUT2D eigenvalue weighted by molar-refractivity contribution is 0.0696. The Labute approximate surface area is 127 Å². The summed E-state index contributed by atoms with van der Waals surface area (Å²) in [7, 11) is 0. The summed E-state index contributed by atoms with van der Waals surface area (Å²) in [6.45, 7) is 0.710. The van der Waals surface area contributed by atoms with E-state index in [1.807, 2.05) is 0 Å². The average molecular weight is 304 g/mol. The molecule has 21 heavy (non-hydrogen) atoms. The summed E-state index contributed by atoms with van der Waals surface area (Å²) >= 11 is 5.77. The SMILES string of the molecule is O=C(O)c1ccc(CNCC(=O)c2ccc(Cl)cc2)cc1. The first-order valence-electron chi connectivity index (χ1n) is 6.38. The Morgan fingerprint density at radius 3 is 2.10 bits per heavy atom. The summed E-state index contributed by atoms with van der Waals surface area (Å²) in [6, 6.07) is 13.3. The zero-order valence-electron chi connectivity index (χ0n) is 11.2. The van der Waals surface area contributed by atoms with Crippen molar-refractivity contribution in [3.8, 4) is 0 Å². The normalized spacial score (nSPS) is 10.3. The lowest BCUT2D eigenvalue weighted by atomic mass is 10.1. The summed E-state index contributed by atoms with van der Waals surface area (Å²) in [5, 5.41) is 12.4. The number of hydrogen-bond acceptors (Lipinski definition) is 3. The second-order valence-electron chi connectivity index (χ2n) is 4.54. The molecule has 0 aliphatic carbocycles. The van der Waals surface area contributed by atoms with Crippen LogP contribution in [-0.2, 0) is 6.54 Å². The second-order valence-corrected chi connectivity index (χ2v) is 4.97. The van der Waals surface area contributed by atoms with E-state index in [0.29, 0.717) is 17.1 Å². The highest BCUT2D eigenvalue weighted by atomic mass is 35.5. The van der Waals surface area contributed by atoms with Crippen LogP contribution in [0.1, 0.15) is 26.3 Å². The van der Waals surface area contributed by atoms with Crippen LogP contribution in [0.2, 0.25) is 5.02 Å². The molecule has 0 bridgehead atoms. The van der Waals surface area contributed by atoms with Gasteiger partial charge in [0.15, 0.2) is 5.78 Å². The van der Waals surface area contributed by atoms with Gasteiger partial charge in [-0.15, -0.1) is 0 Å². The molecular formula is C16H14ClNO3. The van der Waals surface area contributed by atoms with Crippen molar-refractivity contribution in [2.24, 2.45) is 0 Å². The topological polar surface area (TPSA) is 66.4 Å². The van der Waals surface area contributed by atoms with E-state index in [0.717, 1.165) is 5.56 Å². The number of halogens is 1. The molecule has 2 N–H and O–H groups in total. The zero-order chi connectivity index (χ0) is 15.2. The molecule has 0 heterocycles. The Balaban J connectivity index is 1.85. The number of carboxylic acid groups (broad SMARTS) is 1. The Bertz CT molecular complexity index is 636. The number of aromatic carboxylic acids is 1. The van der Waals surface area contributed by atoms with E-state index in [1.165, 1.54) is 0 Å². The zero-order valence-corrected chi connectivity index (χ0v) is 11.9. The van der Waals surface area contributed by atoms with Crippen molar-refractivity contribution in [3.05, 3.63) is 70.2 Å². The van der Waals surface area contributed by atoms with Crippen LogP contribution in [0, 0.1) is 0 Å². The maximum Gasteiger partial charge on any atom is 0.335 e. The molecule has 0 spiro atoms. The van der Waals surface area contributed by atoms with Gasteiger partial charge in [0.1, 0.15) is 0 Å². The monoisotopic (exact) mass is 303 g/mol. The third kappa shape index (κ3) is 4.41. The second kappa shape index (κ2) is 7.02. The van der Waals surface area contributed by atoms with Crippen molar-refractivity contribution in [1.29, 1.82) is 0 Å². The molecule has 0 aliphatic heterocycles. The highest BCUT2D eigenvalue weighted by Gasteiger charge is 2.05. The van der Waals surface area contributed by atoms with Crippen molar-refractivity contribution in [3.63, 3.8) is 0 Å². The first-order valence-corrected chi connectivity index (χ1v) is 6.76. The maximum atomic E-state index is 11.9. The Kier molecular flexibility index (Phi) is 5.09. The largest absolute Gasteiger partial charge is 0.478 e. The predicted molar refractivity (Wildman–Crippen MR) is 80.9 cm³/mol. The van der Waals surface area contributed by atoms with Gasteiger partial charge in [0, 0.05) is 17.1 Å². The van der Waals surface area contributed by atoms with E-state index < -0.39 is 5.97 Å². The van der Waals surface area contributed by atoms with Gasteiger partial charge < -0.3 is 10.4 Å². The van der Waals surface area contributed by atoms with Gasteiger partial charge in [-0.05, 0) is 42.0 Å². The molecule has 0 fully saturated rings. The third-order valence-electron chi connectivity index (χ3n) is 2.98. The molecule has 0 aromatic heterocycles. The number of rotatable bonds is 6. The highest BCUT2D eigenvalue weighted by Crippen LogP contribution is 2.10. The lowest BCUT2D eigenvalue weighted by Crippen LogP contribution is -2.22. The molecule has 0 saturated heterocycles. The van der Waals surface area contributed by atoms with E-state index in [1.54, 1.807) is 48.5 Å². The van der Waals surface area contributed by atoms with Gasteiger partial charge in [0.25, 0.3) is 0 Å². The van der Waals surface area contributed by atoms with E-state index >= 15 is 0 Å². The Morgan fingerprint density at radius 1 is 0.952 bits per heavy atom. The van der Waals surface area contributed by atoms with Gasteiger partial charge in [-0.2, -0.15) is 0 Å². The molecular weight excluding hydrogens is 290 g/mol. The smallest absolute Gasteiger partial charge is 0.335 e. The maximum absolute atomic E-state index is 11.9. The first-order chi connectivity index (χ1) is 10.1. The van der Waals surface area contributed by atoms with Crippen LogP contribution < -0.4 is 5.32 Å². The fraction of sp³-hybridized carbons (Fsp3) is 0.125. The number of carbonyl (C=O) groups is 2. The summed E-state index contributed by atoms with van der Waals surface area (Å²) in [6.07, 6.45) is 0. The minimum Gasteiger partial charge on any atom is -0.478 e. The van der Waals surface area contributed by atoms with Gasteiger partial charge in [-0.3, -0.25) is 4.79 Å². The third-order valence-corrected chi connectivity index (χ3v) is 3.23. The summed E-state index contributed by atoms with van der Waals surface area (Å²) in [5.74, 6) is -0.971. The summed E-state index contributed by atoms with van der Waals surface area (Å²) in [4.78, 5) is 22.6. The van der Waals surface area contributed by atoms with Gasteiger partial charge in [0.2, 0.25) is 0 Å². The summed E-state index contributed by atoms with van der Waals surface area (Å²) in [5.41, 5.74) is 1.77. The number of carboxylic acids is 1. The average Bonchev–Trinajstić information content (AvgIpc) is 2.48. The molecule has 2 aromatic carbocycles. The van der Waals surface area contributed by atoms with Crippen LogP contribution in [0.3, 0.4) is 0 Å². The van der Waals surface area contributed by atoms with Crippen LogP contribution in [0.5, 0.6) is 0 Å². The number of carbonyl (C=O) groups excluding carboxylic acids is 1. The number of Topliss-reactive ketones (excluding diaryl/α,β-unsaturated/α-hetero) is 1. The van der Waals surface area contributed by atoms with Crippen LogP contribution in [0.25, 0.3) is 0 Å². The molecule has 0 atom stereocenters. The van der Waals surface area contributed by atoms with Gasteiger partial charge >= 0.3 is 5.97 Å². The molecule has 5 heteroatoms. The Hall–Kier alpha value is -2.17. The quantitative estimate of drug-likeness (QED) is 0.805. The highest BCUT2D eigenvalue weighted by molar-refractivity contribution is 6.30. The molecule has 0 amide bonds. The lowest BCUT2D eigenvalue weighted by Gasteiger charge is -2.05. The van der Waals surface area contributed by atoms with Crippen molar-refractivity contribution in [2.75, 3.05) is 6.54 Å². The van der Waals surface area contributed by atoms with Gasteiger partial charge in [0.05, 0.1) is 12.1 Å². The number of benzene rings is 2. The van der Waals surface area contributed by atoms with Crippen molar-refractivity contribution in [1.82, 2.24) is 5.32 Å². The van der Waals surface area contributed by atoms with Crippen LogP contribution in [0.4, 0.5) is 0 Å². The van der Waals surface area contributed by atoms with Gasteiger partial charge in [-0.25, -0.2) is 4.79 Å². The van der Waals surface area contributed by atoms with Crippen LogP contribution in [0.15, 0.2) is 48.5 Å². The molecule has 0 saturated carbocycles. The van der Waals surface area contributed by atoms with E-state index in [2.05, 4.69) is 5.32 Å². The fourth-order valence-electron chi connectivity index (χ4n) is 1.82. The molecule has 108 valence electrons. The standard InChI is InChI=1S/C16H14ClNO3/c17-14-7-5-12(6-8-14)15(19)10-18-9-11-1-3-13(4-2-11)16(20)21/h1-8,18H,9-10H2,(H,20,21). The number of nitrogens with one attached hydrogen (secondary N) is 1. The Morgan fingerprint density at radius 2 is 1.52 bits per heavy atom. The number of ketones is 1. The van der Waals surface area contributed by atoms with Crippen molar-refractivity contribution >= 4 is 23.4 Å². The molecule has 0 radical (unpaired) electrons. The first kappa shape index (κ1) is 15.2.